The fourth-order valence-electron chi connectivity index (χ4n) is 5.00. The van der Waals surface area contributed by atoms with E-state index in [0.29, 0.717) is 12.8 Å². The standard InChI is InChI=1S/C35H37N3O6S/c1-42-33(40)30(19-24-7-3-2-4-8-24)38-35(41)37-21-25-10-16-28(17-11-25)34-43-29(23-45-32-9-5-6-18-36-32)20-31(44-34)27-14-12-26(22-39)13-15-27/h2-18,29-31,34,39H,19-23H2,1H3,(H2,37,38,41). The molecule has 1 fully saturated rings. The van der Waals surface area contributed by atoms with Crippen molar-refractivity contribution >= 4 is 23.8 Å². The number of aromatic nitrogens is 1. The van der Waals surface area contributed by atoms with Crippen molar-refractivity contribution in [2.24, 2.45) is 0 Å². The Bertz CT molecular complexity index is 1510. The predicted molar refractivity (Wildman–Crippen MR) is 171 cm³/mol. The molecule has 0 saturated carbocycles. The number of aliphatic hydroxyl groups is 1. The molecule has 1 aliphatic heterocycles. The van der Waals surface area contributed by atoms with Gasteiger partial charge in [-0.05, 0) is 34.4 Å². The van der Waals surface area contributed by atoms with E-state index in [-0.39, 0.29) is 25.4 Å². The minimum atomic E-state index is -0.808. The second-order valence-electron chi connectivity index (χ2n) is 10.7. The van der Waals surface area contributed by atoms with Crippen LogP contribution in [0.2, 0.25) is 0 Å². The predicted octanol–water partition coefficient (Wildman–Crippen LogP) is 5.50. The Morgan fingerprint density at radius 3 is 2.31 bits per heavy atom. The highest BCUT2D eigenvalue weighted by Crippen LogP contribution is 2.39. The molecule has 4 aromatic rings. The Labute approximate surface area is 267 Å². The summed E-state index contributed by atoms with van der Waals surface area (Å²) >= 11 is 1.65. The van der Waals surface area contributed by atoms with Gasteiger partial charge in [0.05, 0.1) is 31.0 Å². The molecule has 2 heterocycles. The molecule has 1 aliphatic rings. The number of benzene rings is 3. The number of methoxy groups -OCH3 is 1. The van der Waals surface area contributed by atoms with Gasteiger partial charge in [-0.1, -0.05) is 84.9 Å². The number of amides is 2. The van der Waals surface area contributed by atoms with E-state index in [2.05, 4.69) is 15.6 Å². The first kappa shape index (κ1) is 32.2. The normalized spacial score (nSPS) is 18.5. The fourth-order valence-corrected chi connectivity index (χ4v) is 5.88. The van der Waals surface area contributed by atoms with Crippen LogP contribution in [0, 0.1) is 0 Å². The second-order valence-corrected chi connectivity index (χ2v) is 11.7. The fraction of sp³-hybridized carbons (Fsp3) is 0.286. The monoisotopic (exact) mass is 627 g/mol. The number of rotatable bonds is 12. The van der Waals surface area contributed by atoms with Gasteiger partial charge >= 0.3 is 12.0 Å². The molecule has 2 amide bonds. The van der Waals surface area contributed by atoms with Crippen LogP contribution in [0.4, 0.5) is 4.79 Å². The van der Waals surface area contributed by atoms with Crippen molar-refractivity contribution in [3.63, 3.8) is 0 Å². The van der Waals surface area contributed by atoms with Gasteiger partial charge in [0.2, 0.25) is 0 Å². The van der Waals surface area contributed by atoms with E-state index in [9.17, 15) is 14.7 Å². The maximum atomic E-state index is 12.7. The quantitative estimate of drug-likeness (QED) is 0.139. The van der Waals surface area contributed by atoms with E-state index >= 15 is 0 Å². The summed E-state index contributed by atoms with van der Waals surface area (Å²) in [6.45, 7) is 0.254. The van der Waals surface area contributed by atoms with Crippen molar-refractivity contribution in [2.45, 2.75) is 55.6 Å². The van der Waals surface area contributed by atoms with E-state index in [1.165, 1.54) is 7.11 Å². The molecular formula is C35H37N3O6S. The first-order valence-corrected chi connectivity index (χ1v) is 15.8. The molecule has 1 aromatic heterocycles. The molecule has 4 atom stereocenters. The van der Waals surface area contributed by atoms with Crippen LogP contribution in [0.15, 0.2) is 108 Å². The number of aliphatic hydroxyl groups excluding tert-OH is 1. The molecule has 4 unspecified atom stereocenters. The third-order valence-corrected chi connectivity index (χ3v) is 8.52. The molecule has 9 nitrogen and oxygen atoms in total. The molecular weight excluding hydrogens is 590 g/mol. The van der Waals surface area contributed by atoms with E-state index in [1.807, 2.05) is 97.1 Å². The number of pyridine rings is 1. The largest absolute Gasteiger partial charge is 0.467 e. The van der Waals surface area contributed by atoms with Crippen LogP contribution >= 0.6 is 11.8 Å². The smallest absolute Gasteiger partial charge is 0.328 e. The van der Waals surface area contributed by atoms with E-state index in [4.69, 9.17) is 14.2 Å². The van der Waals surface area contributed by atoms with Gasteiger partial charge in [-0.2, -0.15) is 0 Å². The molecule has 0 spiro atoms. The third kappa shape index (κ3) is 9.39. The number of esters is 1. The van der Waals surface area contributed by atoms with Crippen molar-refractivity contribution in [3.8, 4) is 0 Å². The zero-order valence-corrected chi connectivity index (χ0v) is 25.8. The molecule has 45 heavy (non-hydrogen) atoms. The van der Waals surface area contributed by atoms with Crippen LogP contribution < -0.4 is 10.6 Å². The number of hydrogen-bond donors (Lipinski definition) is 3. The van der Waals surface area contributed by atoms with Gasteiger partial charge in [0.15, 0.2) is 6.29 Å². The van der Waals surface area contributed by atoms with Gasteiger partial charge in [0.1, 0.15) is 6.04 Å². The number of urea groups is 1. The van der Waals surface area contributed by atoms with Crippen LogP contribution in [-0.2, 0) is 38.6 Å². The molecule has 10 heteroatoms. The maximum absolute atomic E-state index is 12.7. The summed E-state index contributed by atoms with van der Waals surface area (Å²) < 4.78 is 17.8. The average Bonchev–Trinajstić information content (AvgIpc) is 3.10. The number of ether oxygens (including phenoxy) is 3. The van der Waals surface area contributed by atoms with Gasteiger partial charge in [-0.3, -0.25) is 0 Å². The number of nitrogens with one attached hydrogen (secondary N) is 2. The number of hydrogen-bond acceptors (Lipinski definition) is 8. The third-order valence-electron chi connectivity index (χ3n) is 7.45. The zero-order valence-electron chi connectivity index (χ0n) is 25.0. The Morgan fingerprint density at radius 1 is 0.911 bits per heavy atom. The molecule has 3 N–H and O–H groups in total. The van der Waals surface area contributed by atoms with Crippen LogP contribution in [0.3, 0.4) is 0 Å². The SMILES string of the molecule is COC(=O)C(Cc1ccccc1)NC(=O)NCc1ccc(C2OC(CSc3ccccn3)CC(c3ccc(CO)cc3)O2)cc1. The summed E-state index contributed by atoms with van der Waals surface area (Å²) in [6.07, 6.45) is 1.94. The first-order chi connectivity index (χ1) is 22.0. The van der Waals surface area contributed by atoms with Gasteiger partial charge in [-0.15, -0.1) is 11.8 Å². The van der Waals surface area contributed by atoms with Gasteiger partial charge in [0.25, 0.3) is 0 Å². The summed E-state index contributed by atoms with van der Waals surface area (Å²) in [5, 5.41) is 15.9. The van der Waals surface area contributed by atoms with Crippen molar-refractivity contribution in [1.82, 2.24) is 15.6 Å². The van der Waals surface area contributed by atoms with Crippen LogP contribution in [0.25, 0.3) is 0 Å². The first-order valence-electron chi connectivity index (χ1n) is 14.8. The lowest BCUT2D eigenvalue weighted by atomic mass is 10.0. The number of carbonyl (C=O) groups is 2. The molecule has 0 radical (unpaired) electrons. The summed E-state index contributed by atoms with van der Waals surface area (Å²) in [5.41, 5.74) is 4.53. The van der Waals surface area contributed by atoms with E-state index < -0.39 is 24.3 Å². The van der Waals surface area contributed by atoms with Crippen LogP contribution in [0.1, 0.15) is 46.6 Å². The minimum Gasteiger partial charge on any atom is -0.467 e. The Kier molecular flexibility index (Phi) is 11.6. The molecule has 3 aromatic carbocycles. The molecule has 234 valence electrons. The molecule has 0 bridgehead atoms. The summed E-state index contributed by atoms with van der Waals surface area (Å²) in [6, 6.07) is 29.5. The zero-order chi connectivity index (χ0) is 31.4. The van der Waals surface area contributed by atoms with Crippen molar-refractivity contribution < 1.29 is 28.9 Å². The Balaban J connectivity index is 1.21. The summed E-state index contributed by atoms with van der Waals surface area (Å²) in [4.78, 5) is 29.4. The number of thioether (sulfide) groups is 1. The molecule has 5 rings (SSSR count). The maximum Gasteiger partial charge on any atom is 0.328 e. The minimum absolute atomic E-state index is 0.0106. The number of nitrogens with zero attached hydrogens (tertiary/aromatic N) is 1. The van der Waals surface area contributed by atoms with Crippen molar-refractivity contribution in [3.05, 3.63) is 131 Å². The van der Waals surface area contributed by atoms with Crippen LogP contribution in [-0.4, -0.2) is 47.1 Å². The van der Waals surface area contributed by atoms with Gasteiger partial charge in [0, 0.05) is 36.9 Å². The van der Waals surface area contributed by atoms with Crippen LogP contribution in [0.5, 0.6) is 0 Å². The molecule has 1 saturated heterocycles. The van der Waals surface area contributed by atoms with Crippen molar-refractivity contribution in [2.75, 3.05) is 12.9 Å². The lowest BCUT2D eigenvalue weighted by molar-refractivity contribution is -0.245. The van der Waals surface area contributed by atoms with E-state index in [0.717, 1.165) is 38.6 Å². The highest BCUT2D eigenvalue weighted by atomic mass is 32.2. The van der Waals surface area contributed by atoms with E-state index in [1.54, 1.807) is 18.0 Å². The second kappa shape index (κ2) is 16.2. The highest BCUT2D eigenvalue weighted by Gasteiger charge is 2.32. The Hall–Kier alpha value is -4.22. The van der Waals surface area contributed by atoms with Crippen molar-refractivity contribution in [1.29, 1.82) is 0 Å². The summed E-state index contributed by atoms with van der Waals surface area (Å²) in [5.74, 6) is 0.209. The molecule has 0 aliphatic carbocycles. The number of carbonyl (C=O) groups excluding carboxylic acids is 2. The topological polar surface area (TPSA) is 119 Å². The Morgan fingerprint density at radius 2 is 1.62 bits per heavy atom. The summed E-state index contributed by atoms with van der Waals surface area (Å²) in [7, 11) is 1.30. The van der Waals surface area contributed by atoms with Gasteiger partial charge in [-0.25, -0.2) is 14.6 Å². The lowest BCUT2D eigenvalue weighted by Gasteiger charge is -2.36. The lowest BCUT2D eigenvalue weighted by Crippen LogP contribution is -2.47. The van der Waals surface area contributed by atoms with Gasteiger partial charge < -0.3 is 30.0 Å². The highest BCUT2D eigenvalue weighted by molar-refractivity contribution is 7.99. The average molecular weight is 628 g/mol.